The van der Waals surface area contributed by atoms with Crippen molar-refractivity contribution in [2.24, 2.45) is 5.92 Å². The molecule has 2 aromatic carbocycles. The van der Waals surface area contributed by atoms with E-state index in [0.29, 0.717) is 46.6 Å². The summed E-state index contributed by atoms with van der Waals surface area (Å²) in [4.78, 5) is 17.5. The summed E-state index contributed by atoms with van der Waals surface area (Å²) in [6.07, 6.45) is 17.7. The fraction of sp³-hybridized carbons (Fsp3) is 0.278. The molecule has 43 heavy (non-hydrogen) atoms. The van der Waals surface area contributed by atoms with Crippen molar-refractivity contribution in [2.75, 3.05) is 11.9 Å². The van der Waals surface area contributed by atoms with E-state index in [0.717, 1.165) is 43.4 Å². The number of ether oxygens (including phenoxy) is 2. The number of amides is 1. The van der Waals surface area contributed by atoms with E-state index in [9.17, 15) is 15.0 Å². The summed E-state index contributed by atoms with van der Waals surface area (Å²) >= 11 is 0. The molecule has 1 amide bonds. The van der Waals surface area contributed by atoms with Gasteiger partial charge < -0.3 is 25.0 Å². The van der Waals surface area contributed by atoms with Gasteiger partial charge in [-0.15, -0.1) is 6.42 Å². The standard InChI is InChI=1S/C36H38N2O5/c1-4-8-32(9-5-2)43-33-13-7-12-28(21-33)35(39)38-31-19-18-30(37-23-31)20-26-10-6-11-27(16-15-26)24-42-34-22-29(36(40)41)17-14-25(34)3/h1,5,7-10,12-14,17-19,21-23,27,36,40-41H,6,11,15-16,20,24H2,2-3H3,(H,38,39). The third kappa shape index (κ3) is 9.44. The van der Waals surface area contributed by atoms with E-state index in [1.165, 1.54) is 11.6 Å². The van der Waals surface area contributed by atoms with Crippen LogP contribution in [0.5, 0.6) is 11.5 Å². The van der Waals surface area contributed by atoms with Gasteiger partial charge in [0.15, 0.2) is 6.29 Å². The number of aliphatic hydroxyl groups excluding tert-OH is 1. The molecule has 1 atom stereocenters. The summed E-state index contributed by atoms with van der Waals surface area (Å²) in [5.74, 6) is 4.31. The maximum Gasteiger partial charge on any atom is 0.255 e. The van der Waals surface area contributed by atoms with Crippen molar-refractivity contribution in [3.63, 3.8) is 0 Å². The molecule has 1 heterocycles. The second-order valence-corrected chi connectivity index (χ2v) is 10.6. The largest absolute Gasteiger partial charge is 0.493 e. The summed E-state index contributed by atoms with van der Waals surface area (Å²) in [5, 5.41) is 21.8. The molecule has 0 spiro atoms. The molecule has 4 rings (SSSR count). The number of pyridine rings is 1. The van der Waals surface area contributed by atoms with E-state index in [1.54, 1.807) is 48.7 Å². The van der Waals surface area contributed by atoms with Gasteiger partial charge in [0.05, 0.1) is 18.5 Å². The minimum absolute atomic E-state index is 0.261. The van der Waals surface area contributed by atoms with Crippen molar-refractivity contribution in [3.8, 4) is 23.8 Å². The first-order valence-electron chi connectivity index (χ1n) is 14.4. The second kappa shape index (κ2) is 15.5. The van der Waals surface area contributed by atoms with Gasteiger partial charge in [0.1, 0.15) is 17.3 Å². The second-order valence-electron chi connectivity index (χ2n) is 10.6. The van der Waals surface area contributed by atoms with Gasteiger partial charge in [-0.1, -0.05) is 41.8 Å². The van der Waals surface area contributed by atoms with Crippen LogP contribution in [-0.2, 0) is 6.42 Å². The Bertz CT molecular complexity index is 1530. The Labute approximate surface area is 253 Å². The molecule has 0 bridgehead atoms. The van der Waals surface area contributed by atoms with Crippen LogP contribution in [0.1, 0.15) is 66.1 Å². The van der Waals surface area contributed by atoms with Crippen molar-refractivity contribution in [1.82, 2.24) is 4.98 Å². The fourth-order valence-corrected chi connectivity index (χ4v) is 4.86. The van der Waals surface area contributed by atoms with Crippen molar-refractivity contribution in [1.29, 1.82) is 0 Å². The van der Waals surface area contributed by atoms with E-state index in [2.05, 4.69) is 22.3 Å². The first-order chi connectivity index (χ1) is 20.8. The van der Waals surface area contributed by atoms with Crippen molar-refractivity contribution < 1.29 is 24.5 Å². The van der Waals surface area contributed by atoms with Gasteiger partial charge in [-0.25, -0.2) is 0 Å². The SMILES string of the molecule is C#CC=C(C=CC)Oc1cccc(C(=O)Nc2ccc(CC3=CCCC(COc4cc(C(O)O)ccc4C)CC3)nc2)c1. The lowest BCUT2D eigenvalue weighted by Gasteiger charge is -2.18. The highest BCUT2D eigenvalue weighted by atomic mass is 16.5. The van der Waals surface area contributed by atoms with Crippen LogP contribution in [-0.4, -0.2) is 27.7 Å². The quantitative estimate of drug-likeness (QED) is 0.0758. The zero-order chi connectivity index (χ0) is 30.6. The average Bonchev–Trinajstić information content (AvgIpc) is 3.23. The minimum atomic E-state index is -1.51. The van der Waals surface area contributed by atoms with Crippen LogP contribution in [0.4, 0.5) is 5.69 Å². The predicted molar refractivity (Wildman–Crippen MR) is 169 cm³/mol. The molecule has 7 nitrogen and oxygen atoms in total. The highest BCUT2D eigenvalue weighted by Crippen LogP contribution is 2.28. The molecule has 222 valence electrons. The Morgan fingerprint density at radius 2 is 2.05 bits per heavy atom. The van der Waals surface area contributed by atoms with Gasteiger partial charge in [-0.2, -0.15) is 0 Å². The van der Waals surface area contributed by atoms with Crippen LogP contribution in [0.15, 0.2) is 96.4 Å². The Kier molecular flexibility index (Phi) is 11.3. The molecule has 1 unspecified atom stereocenters. The normalized spacial score (nSPS) is 15.5. The van der Waals surface area contributed by atoms with Gasteiger partial charge in [0.25, 0.3) is 5.91 Å². The summed E-state index contributed by atoms with van der Waals surface area (Å²) in [6, 6.07) is 16.0. The van der Waals surface area contributed by atoms with Crippen LogP contribution in [0, 0.1) is 25.2 Å². The summed E-state index contributed by atoms with van der Waals surface area (Å²) in [6.45, 7) is 4.41. The molecule has 0 aliphatic heterocycles. The molecule has 0 fully saturated rings. The molecular weight excluding hydrogens is 540 g/mol. The number of hydrogen-bond acceptors (Lipinski definition) is 6. The first kappa shape index (κ1) is 31.3. The number of nitrogens with zero attached hydrogens (tertiary/aromatic N) is 1. The van der Waals surface area contributed by atoms with E-state index in [4.69, 9.17) is 15.9 Å². The number of aliphatic hydroxyl groups is 2. The monoisotopic (exact) mass is 578 g/mol. The molecule has 1 aromatic heterocycles. The maximum atomic E-state index is 12.9. The van der Waals surface area contributed by atoms with Crippen LogP contribution >= 0.6 is 0 Å². The van der Waals surface area contributed by atoms with Crippen LogP contribution < -0.4 is 14.8 Å². The number of nitrogens with one attached hydrogen (secondary N) is 1. The van der Waals surface area contributed by atoms with Crippen molar-refractivity contribution in [2.45, 2.75) is 52.2 Å². The van der Waals surface area contributed by atoms with Gasteiger partial charge in [0, 0.05) is 29.3 Å². The lowest BCUT2D eigenvalue weighted by molar-refractivity contribution is -0.0426. The summed E-state index contributed by atoms with van der Waals surface area (Å²) in [7, 11) is 0. The predicted octanol–water partition coefficient (Wildman–Crippen LogP) is 6.84. The van der Waals surface area contributed by atoms with E-state index < -0.39 is 6.29 Å². The number of terminal acetylenes is 1. The molecule has 0 radical (unpaired) electrons. The molecule has 1 aliphatic carbocycles. The molecule has 3 aromatic rings. The van der Waals surface area contributed by atoms with Gasteiger partial charge >= 0.3 is 0 Å². The highest BCUT2D eigenvalue weighted by Gasteiger charge is 2.16. The minimum Gasteiger partial charge on any atom is -0.493 e. The number of benzene rings is 2. The first-order valence-corrected chi connectivity index (χ1v) is 14.4. The van der Waals surface area contributed by atoms with Crippen molar-refractivity contribution >= 4 is 11.6 Å². The average molecular weight is 579 g/mol. The lowest BCUT2D eigenvalue weighted by atomic mass is 9.99. The third-order valence-electron chi connectivity index (χ3n) is 7.25. The van der Waals surface area contributed by atoms with E-state index >= 15 is 0 Å². The van der Waals surface area contributed by atoms with Crippen LogP contribution in [0.2, 0.25) is 0 Å². The Morgan fingerprint density at radius 1 is 1.19 bits per heavy atom. The topological polar surface area (TPSA) is 101 Å². The van der Waals surface area contributed by atoms with E-state index in [-0.39, 0.29) is 5.91 Å². The number of aryl methyl sites for hydroxylation is 1. The molecule has 0 saturated carbocycles. The number of rotatable bonds is 11. The molecule has 3 N–H and O–H groups in total. The number of allylic oxidation sites excluding steroid dienone is 5. The van der Waals surface area contributed by atoms with Crippen molar-refractivity contribution in [3.05, 3.63) is 119 Å². The smallest absolute Gasteiger partial charge is 0.255 e. The zero-order valence-electron chi connectivity index (χ0n) is 24.6. The highest BCUT2D eigenvalue weighted by molar-refractivity contribution is 6.04. The number of aromatic nitrogens is 1. The number of carbonyl (C=O) groups excluding carboxylic acids is 1. The van der Waals surface area contributed by atoms with Crippen LogP contribution in [0.3, 0.4) is 0 Å². The van der Waals surface area contributed by atoms with Gasteiger partial charge in [-0.05, 0) is 93.5 Å². The molecule has 1 aliphatic rings. The third-order valence-corrected chi connectivity index (χ3v) is 7.25. The van der Waals surface area contributed by atoms with E-state index in [1.807, 2.05) is 38.1 Å². The summed E-state index contributed by atoms with van der Waals surface area (Å²) in [5.41, 5.74) is 4.76. The fourth-order valence-electron chi connectivity index (χ4n) is 4.86. The van der Waals surface area contributed by atoms with Gasteiger partial charge in [-0.3, -0.25) is 9.78 Å². The maximum absolute atomic E-state index is 12.9. The van der Waals surface area contributed by atoms with Crippen LogP contribution in [0.25, 0.3) is 0 Å². The Morgan fingerprint density at radius 3 is 2.79 bits per heavy atom. The molecular formula is C36H38N2O5. The number of hydrogen-bond donors (Lipinski definition) is 3. The molecule has 0 saturated heterocycles. The molecule has 7 heteroatoms. The lowest BCUT2D eigenvalue weighted by Crippen LogP contribution is -2.12. The summed E-state index contributed by atoms with van der Waals surface area (Å²) < 4.78 is 11.9. The zero-order valence-corrected chi connectivity index (χ0v) is 24.6. The number of carbonyl (C=O) groups is 1. The van der Waals surface area contributed by atoms with Gasteiger partial charge in [0.2, 0.25) is 0 Å². The number of anilines is 1. The Balaban J connectivity index is 1.27. The Hall–Kier alpha value is -4.64.